The molecule has 2 amide bonds. The van der Waals surface area contributed by atoms with Crippen LogP contribution in [-0.2, 0) is 14.3 Å². The minimum atomic E-state index is -1.05. The quantitative estimate of drug-likeness (QED) is 0.573. The van der Waals surface area contributed by atoms with E-state index in [0.717, 1.165) is 28.7 Å². The predicted octanol–water partition coefficient (Wildman–Crippen LogP) is 3.17. The van der Waals surface area contributed by atoms with Crippen LogP contribution in [-0.4, -0.2) is 79.3 Å². The average Bonchev–Trinajstić information content (AvgIpc) is 3.42. The monoisotopic (exact) mass is 479 g/mol. The van der Waals surface area contributed by atoms with Crippen LogP contribution < -0.4 is 5.32 Å². The molecule has 0 aromatic heterocycles. The number of nitrogens with one attached hydrogen (secondary N) is 1. The number of carboxylic acid groups (broad SMARTS) is 1. The minimum absolute atomic E-state index is 0.0359. The molecule has 0 spiro atoms. The molecular formula is C27H33N3O5. The van der Waals surface area contributed by atoms with Crippen molar-refractivity contribution in [1.82, 2.24) is 15.1 Å². The fraction of sp³-hybridized carbons (Fsp3) is 0.444. The van der Waals surface area contributed by atoms with Crippen molar-refractivity contribution in [2.24, 2.45) is 5.92 Å². The third kappa shape index (κ3) is 5.65. The molecule has 35 heavy (non-hydrogen) atoms. The Balaban J connectivity index is 1.38. The van der Waals surface area contributed by atoms with Crippen molar-refractivity contribution in [2.45, 2.75) is 31.2 Å². The normalized spacial score (nSPS) is 18.7. The van der Waals surface area contributed by atoms with Crippen LogP contribution in [0.5, 0.6) is 0 Å². The molecule has 2 aliphatic rings. The van der Waals surface area contributed by atoms with Crippen molar-refractivity contribution >= 4 is 18.0 Å². The van der Waals surface area contributed by atoms with Gasteiger partial charge in [-0.3, -0.25) is 9.59 Å². The van der Waals surface area contributed by atoms with E-state index in [9.17, 15) is 19.5 Å². The molecule has 0 bridgehead atoms. The van der Waals surface area contributed by atoms with Gasteiger partial charge in [0.25, 0.3) is 0 Å². The van der Waals surface area contributed by atoms with Crippen LogP contribution in [0.15, 0.2) is 48.5 Å². The molecule has 2 N–H and O–H groups in total. The Kier molecular flexibility index (Phi) is 7.70. The highest BCUT2D eigenvalue weighted by atomic mass is 16.5. The van der Waals surface area contributed by atoms with Crippen LogP contribution in [0.4, 0.5) is 4.79 Å². The van der Waals surface area contributed by atoms with Crippen molar-refractivity contribution in [2.75, 3.05) is 40.3 Å². The van der Waals surface area contributed by atoms with Crippen LogP contribution in [0.3, 0.4) is 0 Å². The number of amides is 2. The first-order valence-electron chi connectivity index (χ1n) is 12.1. The molecule has 186 valence electrons. The summed E-state index contributed by atoms with van der Waals surface area (Å²) < 4.78 is 5.66. The maximum absolute atomic E-state index is 13.2. The molecular weight excluding hydrogens is 446 g/mol. The van der Waals surface area contributed by atoms with Crippen LogP contribution >= 0.6 is 0 Å². The molecule has 2 aromatic rings. The lowest BCUT2D eigenvalue weighted by atomic mass is 9.98. The lowest BCUT2D eigenvalue weighted by molar-refractivity contribution is -0.146. The number of ether oxygens (including phenoxy) is 1. The van der Waals surface area contributed by atoms with Gasteiger partial charge in [-0.15, -0.1) is 0 Å². The highest BCUT2D eigenvalue weighted by Crippen LogP contribution is 2.44. The smallest absolute Gasteiger partial charge is 0.407 e. The zero-order valence-electron chi connectivity index (χ0n) is 20.3. The lowest BCUT2D eigenvalue weighted by Crippen LogP contribution is -2.48. The van der Waals surface area contributed by atoms with Gasteiger partial charge in [-0.2, -0.15) is 0 Å². The highest BCUT2D eigenvalue weighted by molar-refractivity contribution is 5.84. The number of fused-ring (bicyclic) bond motifs is 3. The average molecular weight is 480 g/mol. The fourth-order valence-electron chi connectivity index (χ4n) is 5.21. The SMILES string of the molecule is CN(C)CCN(CC(=O)O)C(=O)[C@H]1CCC[C@H]1NC(=O)OCC1c2ccccc2-c2ccccc21. The first-order valence-corrected chi connectivity index (χ1v) is 12.1. The van der Waals surface area contributed by atoms with Crippen molar-refractivity contribution < 1.29 is 24.2 Å². The van der Waals surface area contributed by atoms with Gasteiger partial charge in [-0.1, -0.05) is 55.0 Å². The standard InChI is InChI=1S/C27H33N3O5/c1-29(2)14-15-30(16-25(31)32)26(33)22-12-7-13-24(22)28-27(34)35-17-23-20-10-5-3-8-18(20)19-9-4-6-11-21(19)23/h3-6,8-11,22-24H,7,12-17H2,1-2H3,(H,28,34)(H,31,32)/t22-,24+/m0/s1. The molecule has 0 unspecified atom stereocenters. The zero-order chi connectivity index (χ0) is 24.9. The second-order valence-corrected chi connectivity index (χ2v) is 9.57. The van der Waals surface area contributed by atoms with E-state index in [4.69, 9.17) is 4.74 Å². The number of aliphatic carboxylic acids is 1. The van der Waals surface area contributed by atoms with Gasteiger partial charge in [-0.25, -0.2) is 4.79 Å². The Morgan fingerprint density at radius 1 is 0.971 bits per heavy atom. The number of carbonyl (C=O) groups is 3. The Bertz CT molecular complexity index is 1040. The molecule has 0 saturated heterocycles. The number of benzene rings is 2. The lowest BCUT2D eigenvalue weighted by Gasteiger charge is -2.28. The molecule has 0 heterocycles. The molecule has 2 atom stereocenters. The minimum Gasteiger partial charge on any atom is -0.480 e. The van der Waals surface area contributed by atoms with Gasteiger partial charge in [0.05, 0.1) is 5.92 Å². The third-order valence-corrected chi connectivity index (χ3v) is 6.94. The summed E-state index contributed by atoms with van der Waals surface area (Å²) in [5.41, 5.74) is 4.60. The van der Waals surface area contributed by atoms with Gasteiger partial charge >= 0.3 is 12.1 Å². The number of hydrogen-bond donors (Lipinski definition) is 2. The van der Waals surface area contributed by atoms with Crippen LogP contribution in [0, 0.1) is 5.92 Å². The second-order valence-electron chi connectivity index (χ2n) is 9.57. The molecule has 8 nitrogen and oxygen atoms in total. The Morgan fingerprint density at radius 3 is 2.20 bits per heavy atom. The number of nitrogens with zero attached hydrogens (tertiary/aromatic N) is 2. The van der Waals surface area contributed by atoms with E-state index in [-0.39, 0.29) is 31.0 Å². The Morgan fingerprint density at radius 2 is 1.60 bits per heavy atom. The van der Waals surface area contributed by atoms with E-state index < -0.39 is 18.0 Å². The van der Waals surface area contributed by atoms with Crippen molar-refractivity contribution in [1.29, 1.82) is 0 Å². The van der Waals surface area contributed by atoms with Gasteiger partial charge in [0.15, 0.2) is 0 Å². The van der Waals surface area contributed by atoms with E-state index in [0.29, 0.717) is 25.9 Å². The van der Waals surface area contributed by atoms with Gasteiger partial charge in [0.1, 0.15) is 13.2 Å². The number of rotatable bonds is 9. The summed E-state index contributed by atoms with van der Waals surface area (Å²) in [4.78, 5) is 40.5. The first kappa shape index (κ1) is 24.7. The molecule has 0 radical (unpaired) electrons. The summed E-state index contributed by atoms with van der Waals surface area (Å²) in [5.74, 6) is -1.75. The Labute approximate surface area is 205 Å². The summed E-state index contributed by atoms with van der Waals surface area (Å²) in [7, 11) is 3.75. The van der Waals surface area contributed by atoms with Gasteiger partial charge in [0, 0.05) is 25.0 Å². The van der Waals surface area contributed by atoms with Crippen LogP contribution in [0.2, 0.25) is 0 Å². The largest absolute Gasteiger partial charge is 0.480 e. The van der Waals surface area contributed by atoms with E-state index in [1.54, 1.807) is 0 Å². The van der Waals surface area contributed by atoms with Crippen molar-refractivity contribution in [3.05, 3.63) is 59.7 Å². The van der Waals surface area contributed by atoms with Gasteiger partial charge in [-0.05, 0) is 49.2 Å². The van der Waals surface area contributed by atoms with Crippen molar-refractivity contribution in [3.8, 4) is 11.1 Å². The summed E-state index contributed by atoms with van der Waals surface area (Å²) in [5, 5.41) is 12.2. The second kappa shape index (κ2) is 10.9. The number of likely N-dealkylation sites (N-methyl/N-ethyl adjacent to an activating group) is 1. The number of hydrogen-bond acceptors (Lipinski definition) is 5. The van der Waals surface area contributed by atoms with E-state index >= 15 is 0 Å². The molecule has 1 fully saturated rings. The molecule has 8 heteroatoms. The van der Waals surface area contributed by atoms with E-state index in [2.05, 4.69) is 29.6 Å². The summed E-state index contributed by atoms with van der Waals surface area (Å²) in [6, 6.07) is 15.9. The number of alkyl carbamates (subject to hydrolysis) is 1. The number of carbonyl (C=O) groups excluding carboxylic acids is 2. The van der Waals surface area contributed by atoms with Gasteiger partial charge in [0.2, 0.25) is 5.91 Å². The molecule has 2 aliphatic carbocycles. The van der Waals surface area contributed by atoms with Crippen molar-refractivity contribution in [3.63, 3.8) is 0 Å². The molecule has 2 aromatic carbocycles. The summed E-state index contributed by atoms with van der Waals surface area (Å²) >= 11 is 0. The maximum Gasteiger partial charge on any atom is 0.407 e. The predicted molar refractivity (Wildman–Crippen MR) is 132 cm³/mol. The third-order valence-electron chi connectivity index (χ3n) is 6.94. The van der Waals surface area contributed by atoms with E-state index in [1.165, 1.54) is 4.90 Å². The topological polar surface area (TPSA) is 99.2 Å². The van der Waals surface area contributed by atoms with Crippen LogP contribution in [0.1, 0.15) is 36.3 Å². The van der Waals surface area contributed by atoms with E-state index in [1.807, 2.05) is 43.3 Å². The maximum atomic E-state index is 13.2. The summed E-state index contributed by atoms with van der Waals surface area (Å²) in [6.07, 6.45) is 1.52. The first-order chi connectivity index (χ1) is 16.8. The number of carboxylic acids is 1. The Hall–Kier alpha value is -3.39. The zero-order valence-corrected chi connectivity index (χ0v) is 20.3. The molecule has 1 saturated carbocycles. The van der Waals surface area contributed by atoms with Gasteiger partial charge < -0.3 is 25.0 Å². The van der Waals surface area contributed by atoms with Crippen LogP contribution in [0.25, 0.3) is 11.1 Å². The molecule has 4 rings (SSSR count). The molecule has 0 aliphatic heterocycles. The fourth-order valence-corrected chi connectivity index (χ4v) is 5.21. The highest BCUT2D eigenvalue weighted by Gasteiger charge is 2.37. The summed E-state index contributed by atoms with van der Waals surface area (Å²) in [6.45, 7) is 0.752.